The second-order valence-electron chi connectivity index (χ2n) is 5.25. The average Bonchev–Trinajstić information content (AvgIpc) is 2.65. The first-order chi connectivity index (χ1) is 9.20. The molecule has 2 rings (SSSR count). The smallest absolute Gasteiger partial charge is 0.352 e. The molecule has 0 aliphatic rings. The summed E-state index contributed by atoms with van der Waals surface area (Å²) in [6.45, 7) is 3.01. The second-order valence-corrected chi connectivity index (χ2v) is 5.25. The van der Waals surface area contributed by atoms with Gasteiger partial charge in [-0.05, 0) is 38.1 Å². The van der Waals surface area contributed by atoms with Crippen molar-refractivity contribution in [2.75, 3.05) is 5.32 Å². The van der Waals surface area contributed by atoms with Crippen LogP contribution in [0, 0.1) is 0 Å². The molecular weight excluding hydrogens is 258 g/mol. The third kappa shape index (κ3) is 2.50. The Kier molecular flexibility index (Phi) is 3.27. The maximum Gasteiger partial charge on any atom is 0.352 e. The molecule has 1 heterocycles. The summed E-state index contributed by atoms with van der Waals surface area (Å²) < 4.78 is 1.58. The molecule has 1 radical (unpaired) electrons. The number of nitrogens with zero attached hydrogens (tertiary/aromatic N) is 1. The van der Waals surface area contributed by atoms with Crippen molar-refractivity contribution >= 4 is 28.5 Å². The van der Waals surface area contributed by atoms with Crippen LogP contribution in [0.3, 0.4) is 0 Å². The molecule has 0 spiro atoms. The minimum absolute atomic E-state index is 0.185. The van der Waals surface area contributed by atoms with E-state index in [0.717, 1.165) is 10.9 Å². The molecule has 6 nitrogen and oxygen atoms in total. The van der Waals surface area contributed by atoms with Crippen molar-refractivity contribution in [3.8, 4) is 0 Å². The van der Waals surface area contributed by atoms with Crippen molar-refractivity contribution in [2.24, 2.45) is 7.05 Å². The Morgan fingerprint density at radius 2 is 1.95 bits per heavy atom. The highest BCUT2D eigenvalue weighted by Crippen LogP contribution is 2.23. The summed E-state index contributed by atoms with van der Waals surface area (Å²) in [7, 11) is 1.68. The van der Waals surface area contributed by atoms with E-state index in [1.54, 1.807) is 35.9 Å². The van der Waals surface area contributed by atoms with Crippen LogP contribution < -0.4 is 11.1 Å². The van der Waals surface area contributed by atoms with E-state index >= 15 is 0 Å². The number of hydrogen-bond donors (Lipinski definition) is 2. The summed E-state index contributed by atoms with van der Waals surface area (Å²) in [6.07, 6.45) is 0. The van der Waals surface area contributed by atoms with E-state index in [4.69, 9.17) is 10.8 Å². The van der Waals surface area contributed by atoms with Gasteiger partial charge < -0.3 is 15.0 Å². The van der Waals surface area contributed by atoms with Gasteiger partial charge in [-0.25, -0.2) is 10.5 Å². The predicted octanol–water partition coefficient (Wildman–Crippen LogP) is 1.88. The van der Waals surface area contributed by atoms with Crippen LogP contribution in [0.15, 0.2) is 24.3 Å². The predicted molar refractivity (Wildman–Crippen MR) is 75.7 cm³/mol. The molecule has 20 heavy (non-hydrogen) atoms. The SMILES string of the molecule is Cn1c(C(=O)O)cc2cc(NC(=O)C(C)(C)[NH])ccc21. The quantitative estimate of drug-likeness (QED) is 0.894. The Bertz CT molecular complexity index is 695. The van der Waals surface area contributed by atoms with Crippen molar-refractivity contribution in [1.29, 1.82) is 0 Å². The van der Waals surface area contributed by atoms with E-state index in [1.165, 1.54) is 13.8 Å². The molecule has 1 aromatic heterocycles. The zero-order valence-electron chi connectivity index (χ0n) is 11.5. The Hall–Kier alpha value is -2.34. The van der Waals surface area contributed by atoms with Gasteiger partial charge >= 0.3 is 5.97 Å². The standard InChI is InChI=1S/C14H16N3O3/c1-14(2,15)13(20)16-9-4-5-10-8(6-9)7-11(12(18)19)17(10)3/h4-7,15H,1-3H3,(H,16,20)(H,18,19). The lowest BCUT2D eigenvalue weighted by Gasteiger charge is -2.16. The fourth-order valence-corrected chi connectivity index (χ4v) is 1.92. The van der Waals surface area contributed by atoms with E-state index in [-0.39, 0.29) is 5.69 Å². The first-order valence-electron chi connectivity index (χ1n) is 6.09. The number of amides is 1. The maximum absolute atomic E-state index is 11.8. The molecule has 0 saturated heterocycles. The molecule has 0 fully saturated rings. The van der Waals surface area contributed by atoms with Crippen LogP contribution >= 0.6 is 0 Å². The van der Waals surface area contributed by atoms with E-state index in [9.17, 15) is 9.59 Å². The fraction of sp³-hybridized carbons (Fsp3) is 0.286. The maximum atomic E-state index is 11.8. The molecule has 6 heteroatoms. The first-order valence-corrected chi connectivity index (χ1v) is 6.09. The molecule has 0 aliphatic carbocycles. The van der Waals surface area contributed by atoms with Crippen LogP contribution in [-0.2, 0) is 11.8 Å². The van der Waals surface area contributed by atoms with E-state index in [1.807, 2.05) is 0 Å². The Labute approximate surface area is 116 Å². The molecule has 0 bridgehead atoms. The fourth-order valence-electron chi connectivity index (χ4n) is 1.92. The minimum atomic E-state index is -1.22. The number of carboxylic acids is 1. The molecule has 0 aliphatic heterocycles. The van der Waals surface area contributed by atoms with Crippen molar-refractivity contribution in [3.63, 3.8) is 0 Å². The molecule has 2 aromatic rings. The lowest BCUT2D eigenvalue weighted by molar-refractivity contribution is -0.120. The number of carbonyl (C=O) groups is 2. The summed E-state index contributed by atoms with van der Waals surface area (Å²) in [5.74, 6) is -1.41. The van der Waals surface area contributed by atoms with Crippen molar-refractivity contribution < 1.29 is 14.7 Å². The van der Waals surface area contributed by atoms with Crippen molar-refractivity contribution in [2.45, 2.75) is 19.4 Å². The Morgan fingerprint density at radius 1 is 1.30 bits per heavy atom. The molecule has 1 aromatic carbocycles. The minimum Gasteiger partial charge on any atom is -0.477 e. The van der Waals surface area contributed by atoms with Crippen LogP contribution in [-0.4, -0.2) is 27.1 Å². The lowest BCUT2D eigenvalue weighted by Crippen LogP contribution is -2.38. The molecule has 0 unspecified atom stereocenters. The number of nitrogens with one attached hydrogen (secondary N) is 2. The van der Waals surface area contributed by atoms with Gasteiger partial charge in [0, 0.05) is 23.6 Å². The summed E-state index contributed by atoms with van der Waals surface area (Å²) in [6, 6.07) is 6.69. The third-order valence-corrected chi connectivity index (χ3v) is 3.09. The number of rotatable bonds is 3. The summed E-state index contributed by atoms with van der Waals surface area (Å²) >= 11 is 0. The topological polar surface area (TPSA) is 95.1 Å². The van der Waals surface area contributed by atoms with Crippen LogP contribution in [0.5, 0.6) is 0 Å². The summed E-state index contributed by atoms with van der Waals surface area (Å²) in [4.78, 5) is 22.8. The number of fused-ring (bicyclic) bond motifs is 1. The monoisotopic (exact) mass is 274 g/mol. The molecule has 0 atom stereocenters. The number of carboxylic acid groups (broad SMARTS) is 1. The van der Waals surface area contributed by atoms with Crippen molar-refractivity contribution in [1.82, 2.24) is 10.3 Å². The number of hydrogen-bond acceptors (Lipinski definition) is 2. The molecular formula is C14H16N3O3. The normalized spacial score (nSPS) is 11.6. The van der Waals surface area contributed by atoms with Crippen molar-refractivity contribution in [3.05, 3.63) is 30.0 Å². The van der Waals surface area contributed by atoms with Gasteiger partial charge in [0.1, 0.15) is 11.2 Å². The van der Waals surface area contributed by atoms with Crippen LogP contribution in [0.1, 0.15) is 24.3 Å². The Balaban J connectivity index is 2.40. The number of benzene rings is 1. The third-order valence-electron chi connectivity index (χ3n) is 3.09. The highest BCUT2D eigenvalue weighted by Gasteiger charge is 2.23. The van der Waals surface area contributed by atoms with Gasteiger partial charge in [0.15, 0.2) is 0 Å². The zero-order valence-corrected chi connectivity index (χ0v) is 11.5. The molecule has 3 N–H and O–H groups in total. The van der Waals surface area contributed by atoms with Gasteiger partial charge in [0.25, 0.3) is 0 Å². The summed E-state index contributed by atoms with van der Waals surface area (Å²) in [5.41, 5.74) is 7.93. The van der Waals surface area contributed by atoms with E-state index < -0.39 is 17.4 Å². The number of anilines is 1. The first kappa shape index (κ1) is 14.1. The molecule has 1 amide bonds. The summed E-state index contributed by atoms with van der Waals surface area (Å²) in [5, 5.41) is 12.4. The number of aryl methyl sites for hydroxylation is 1. The van der Waals surface area contributed by atoms with Gasteiger partial charge in [0.05, 0.1) is 0 Å². The van der Waals surface area contributed by atoms with Gasteiger partial charge in [-0.1, -0.05) is 0 Å². The average molecular weight is 274 g/mol. The highest BCUT2D eigenvalue weighted by molar-refractivity contribution is 6.00. The number of aromatic carboxylic acids is 1. The number of carbonyl (C=O) groups excluding carboxylic acids is 1. The van der Waals surface area contributed by atoms with Crippen LogP contribution in [0.4, 0.5) is 5.69 Å². The van der Waals surface area contributed by atoms with E-state index in [0.29, 0.717) is 5.69 Å². The lowest BCUT2D eigenvalue weighted by atomic mass is 10.1. The van der Waals surface area contributed by atoms with Gasteiger partial charge in [-0.3, -0.25) is 4.79 Å². The largest absolute Gasteiger partial charge is 0.477 e. The van der Waals surface area contributed by atoms with Gasteiger partial charge in [0.2, 0.25) is 5.91 Å². The van der Waals surface area contributed by atoms with Crippen LogP contribution in [0.25, 0.3) is 10.9 Å². The number of aromatic nitrogens is 1. The zero-order chi connectivity index (χ0) is 15.1. The van der Waals surface area contributed by atoms with E-state index in [2.05, 4.69) is 5.32 Å². The van der Waals surface area contributed by atoms with Gasteiger partial charge in [-0.15, -0.1) is 0 Å². The van der Waals surface area contributed by atoms with Gasteiger partial charge in [-0.2, -0.15) is 0 Å². The molecule has 0 saturated carbocycles. The Morgan fingerprint density at radius 3 is 2.50 bits per heavy atom. The second kappa shape index (κ2) is 4.64. The molecule has 105 valence electrons. The highest BCUT2D eigenvalue weighted by atomic mass is 16.4. The van der Waals surface area contributed by atoms with Crippen LogP contribution in [0.2, 0.25) is 0 Å².